The standard InChI is InChI=1S/C9H5Cl3N2O2/c10-3-1-2-4(11)6(12)5(3)7-8(15)14-9(16)13-7/h1-2,7H,(H2,13,14,15,16). The van der Waals surface area contributed by atoms with Crippen LogP contribution in [0.15, 0.2) is 12.1 Å². The van der Waals surface area contributed by atoms with Crippen LogP contribution in [0.4, 0.5) is 4.79 Å². The second kappa shape index (κ2) is 4.13. The molecule has 7 heteroatoms. The van der Waals surface area contributed by atoms with Gasteiger partial charge in [0.1, 0.15) is 6.04 Å². The summed E-state index contributed by atoms with van der Waals surface area (Å²) < 4.78 is 0. The molecule has 2 N–H and O–H groups in total. The first-order chi connectivity index (χ1) is 7.50. The molecular formula is C9H5Cl3N2O2. The van der Waals surface area contributed by atoms with Crippen LogP contribution in [0.2, 0.25) is 15.1 Å². The van der Waals surface area contributed by atoms with Crippen molar-refractivity contribution in [3.63, 3.8) is 0 Å². The summed E-state index contributed by atoms with van der Waals surface area (Å²) in [7, 11) is 0. The maximum Gasteiger partial charge on any atom is 0.322 e. The van der Waals surface area contributed by atoms with Gasteiger partial charge in [-0.1, -0.05) is 34.8 Å². The van der Waals surface area contributed by atoms with Crippen LogP contribution >= 0.6 is 34.8 Å². The van der Waals surface area contributed by atoms with E-state index in [4.69, 9.17) is 34.8 Å². The highest BCUT2D eigenvalue weighted by Crippen LogP contribution is 2.36. The van der Waals surface area contributed by atoms with E-state index < -0.39 is 18.0 Å². The lowest BCUT2D eigenvalue weighted by Crippen LogP contribution is -2.22. The van der Waals surface area contributed by atoms with Crippen LogP contribution in [-0.2, 0) is 4.79 Å². The number of hydrogen-bond donors (Lipinski definition) is 2. The summed E-state index contributed by atoms with van der Waals surface area (Å²) in [6.45, 7) is 0. The predicted molar refractivity (Wildman–Crippen MR) is 60.9 cm³/mol. The van der Waals surface area contributed by atoms with Crippen LogP contribution < -0.4 is 10.6 Å². The van der Waals surface area contributed by atoms with Gasteiger partial charge < -0.3 is 5.32 Å². The van der Waals surface area contributed by atoms with Crippen LogP contribution in [0, 0.1) is 0 Å². The molecule has 1 atom stereocenters. The van der Waals surface area contributed by atoms with Crippen LogP contribution in [0.1, 0.15) is 11.6 Å². The number of halogens is 3. The van der Waals surface area contributed by atoms with Gasteiger partial charge in [-0.3, -0.25) is 10.1 Å². The quantitative estimate of drug-likeness (QED) is 0.613. The average molecular weight is 280 g/mol. The SMILES string of the molecule is O=C1NC(=O)C(c2c(Cl)ccc(Cl)c2Cl)N1. The lowest BCUT2D eigenvalue weighted by Gasteiger charge is -2.12. The monoisotopic (exact) mass is 278 g/mol. The molecule has 84 valence electrons. The van der Waals surface area contributed by atoms with Crippen molar-refractivity contribution in [2.45, 2.75) is 6.04 Å². The Morgan fingerprint density at radius 3 is 2.25 bits per heavy atom. The number of nitrogens with one attached hydrogen (secondary N) is 2. The highest BCUT2D eigenvalue weighted by molar-refractivity contribution is 6.44. The summed E-state index contributed by atoms with van der Waals surface area (Å²) in [5.41, 5.74) is 0.305. The Morgan fingerprint density at radius 1 is 1.06 bits per heavy atom. The van der Waals surface area contributed by atoms with Gasteiger partial charge in [-0.05, 0) is 12.1 Å². The largest absolute Gasteiger partial charge is 0.322 e. The summed E-state index contributed by atoms with van der Waals surface area (Å²) in [6, 6.07) is 1.56. The van der Waals surface area contributed by atoms with Crippen LogP contribution in [0.3, 0.4) is 0 Å². The number of urea groups is 1. The number of carbonyl (C=O) groups is 2. The van der Waals surface area contributed by atoms with Gasteiger partial charge in [0, 0.05) is 10.6 Å². The molecule has 1 aliphatic rings. The normalized spacial score (nSPS) is 19.6. The van der Waals surface area contributed by atoms with Crippen molar-refractivity contribution in [3.8, 4) is 0 Å². The first-order valence-electron chi connectivity index (χ1n) is 4.25. The molecule has 1 aromatic rings. The molecule has 3 amide bonds. The van der Waals surface area contributed by atoms with Crippen molar-refractivity contribution in [1.82, 2.24) is 10.6 Å². The van der Waals surface area contributed by atoms with E-state index >= 15 is 0 Å². The van der Waals surface area contributed by atoms with E-state index in [0.29, 0.717) is 5.56 Å². The second-order valence-corrected chi connectivity index (χ2v) is 4.34. The minimum Gasteiger partial charge on any atom is -0.322 e. The third kappa shape index (κ3) is 1.84. The molecule has 0 bridgehead atoms. The van der Waals surface area contributed by atoms with E-state index in [1.807, 2.05) is 0 Å². The van der Waals surface area contributed by atoms with Crippen LogP contribution in [0.25, 0.3) is 0 Å². The molecule has 0 aliphatic carbocycles. The molecule has 0 aromatic heterocycles. The van der Waals surface area contributed by atoms with Gasteiger partial charge in [-0.2, -0.15) is 0 Å². The van der Waals surface area contributed by atoms with Gasteiger partial charge in [0.05, 0.1) is 10.0 Å². The second-order valence-electron chi connectivity index (χ2n) is 3.15. The Bertz CT molecular complexity index is 490. The summed E-state index contributed by atoms with van der Waals surface area (Å²) in [5.74, 6) is -0.504. The highest BCUT2D eigenvalue weighted by Gasteiger charge is 2.34. The zero-order valence-corrected chi connectivity index (χ0v) is 9.95. The molecular weight excluding hydrogens is 274 g/mol. The minimum absolute atomic E-state index is 0.163. The number of rotatable bonds is 1. The summed E-state index contributed by atoms with van der Waals surface area (Å²) in [5, 5.41) is 5.20. The van der Waals surface area contributed by atoms with Crippen molar-refractivity contribution in [3.05, 3.63) is 32.8 Å². The Hall–Kier alpha value is -0.970. The molecule has 16 heavy (non-hydrogen) atoms. The molecule has 2 rings (SSSR count). The molecule has 4 nitrogen and oxygen atoms in total. The van der Waals surface area contributed by atoms with Crippen LogP contribution in [-0.4, -0.2) is 11.9 Å². The maximum atomic E-state index is 11.4. The summed E-state index contributed by atoms with van der Waals surface area (Å²) in [6.07, 6.45) is 0. The molecule has 1 aromatic carbocycles. The Morgan fingerprint density at radius 2 is 1.69 bits per heavy atom. The summed E-state index contributed by atoms with van der Waals surface area (Å²) in [4.78, 5) is 22.4. The third-order valence-electron chi connectivity index (χ3n) is 2.14. The third-order valence-corrected chi connectivity index (χ3v) is 3.29. The van der Waals surface area contributed by atoms with Gasteiger partial charge in [-0.15, -0.1) is 0 Å². The highest BCUT2D eigenvalue weighted by atomic mass is 35.5. The number of amides is 3. The van der Waals surface area contributed by atoms with Crippen molar-refractivity contribution in [2.24, 2.45) is 0 Å². The van der Waals surface area contributed by atoms with E-state index in [1.165, 1.54) is 12.1 Å². The van der Waals surface area contributed by atoms with E-state index in [1.54, 1.807) is 0 Å². The molecule has 0 spiro atoms. The first-order valence-corrected chi connectivity index (χ1v) is 5.39. The van der Waals surface area contributed by atoms with Gasteiger partial charge >= 0.3 is 6.03 Å². The topological polar surface area (TPSA) is 58.2 Å². The molecule has 1 unspecified atom stereocenters. The van der Waals surface area contributed by atoms with Gasteiger partial charge in [0.25, 0.3) is 5.91 Å². The fourth-order valence-electron chi connectivity index (χ4n) is 1.43. The van der Waals surface area contributed by atoms with E-state index in [2.05, 4.69) is 10.6 Å². The zero-order chi connectivity index (χ0) is 11.9. The number of benzene rings is 1. The van der Waals surface area contributed by atoms with E-state index in [9.17, 15) is 9.59 Å². The van der Waals surface area contributed by atoms with Crippen molar-refractivity contribution in [2.75, 3.05) is 0 Å². The number of carbonyl (C=O) groups excluding carboxylic acids is 2. The van der Waals surface area contributed by atoms with Gasteiger partial charge in [0.15, 0.2) is 0 Å². The Kier molecular flexibility index (Phi) is 2.97. The maximum absolute atomic E-state index is 11.4. The smallest absolute Gasteiger partial charge is 0.322 e. The first kappa shape index (κ1) is 11.5. The molecule has 1 saturated heterocycles. The molecule has 1 heterocycles. The fraction of sp³-hybridized carbons (Fsp3) is 0.111. The molecule has 0 saturated carbocycles. The zero-order valence-electron chi connectivity index (χ0n) is 7.68. The molecule has 1 fully saturated rings. The Labute approximate surface area is 106 Å². The van der Waals surface area contributed by atoms with Crippen molar-refractivity contribution < 1.29 is 9.59 Å². The molecule has 0 radical (unpaired) electrons. The lowest BCUT2D eigenvalue weighted by molar-refractivity contribution is -0.120. The number of hydrogen-bond acceptors (Lipinski definition) is 2. The van der Waals surface area contributed by atoms with E-state index in [0.717, 1.165) is 0 Å². The minimum atomic E-state index is -0.897. The summed E-state index contributed by atoms with van der Waals surface area (Å²) >= 11 is 17.7. The Balaban J connectivity index is 2.52. The van der Waals surface area contributed by atoms with Crippen LogP contribution in [0.5, 0.6) is 0 Å². The van der Waals surface area contributed by atoms with Crippen molar-refractivity contribution in [1.29, 1.82) is 0 Å². The van der Waals surface area contributed by atoms with E-state index in [-0.39, 0.29) is 15.1 Å². The average Bonchev–Trinajstić information content (AvgIpc) is 2.53. The number of imide groups is 1. The molecule has 1 aliphatic heterocycles. The predicted octanol–water partition coefficient (Wildman–Crippen LogP) is 2.53. The lowest BCUT2D eigenvalue weighted by atomic mass is 10.1. The van der Waals surface area contributed by atoms with Gasteiger partial charge in [-0.25, -0.2) is 4.79 Å². The van der Waals surface area contributed by atoms with Gasteiger partial charge in [0.2, 0.25) is 0 Å². The van der Waals surface area contributed by atoms with Crippen molar-refractivity contribution >= 4 is 46.7 Å². The fourth-order valence-corrected chi connectivity index (χ4v) is 2.18.